The minimum Gasteiger partial charge on any atom is -0.481 e. The van der Waals surface area contributed by atoms with Crippen LogP contribution in [0.25, 0.3) is 10.9 Å². The molecular weight excluding hydrogens is 563 g/mol. The molecule has 3 heterocycles. The van der Waals surface area contributed by atoms with Crippen LogP contribution >= 0.6 is 33.9 Å². The Bertz CT molecular complexity index is 1280. The molecule has 0 radical (unpaired) electrons. The molecule has 2 N–H and O–H groups in total. The van der Waals surface area contributed by atoms with Crippen molar-refractivity contribution in [3.63, 3.8) is 0 Å². The van der Waals surface area contributed by atoms with E-state index in [2.05, 4.69) is 38.3 Å². The first kappa shape index (κ1) is 23.2. The number of fused-ring (bicyclic) bond motifs is 1. The number of amides is 3. The smallest absolute Gasteiger partial charge is 0.350 e. The number of thiophene rings is 1. The average molecular weight is 582 g/mol. The lowest BCUT2D eigenvalue weighted by Crippen LogP contribution is -2.39. The summed E-state index contributed by atoms with van der Waals surface area (Å²) in [5.74, 6) is -1.75. The Morgan fingerprint density at radius 3 is 2.88 bits per heavy atom. The van der Waals surface area contributed by atoms with Gasteiger partial charge in [0.05, 0.1) is 27.3 Å². The lowest BCUT2D eigenvalue weighted by Gasteiger charge is -2.19. The van der Waals surface area contributed by atoms with E-state index < -0.39 is 17.8 Å². The van der Waals surface area contributed by atoms with Crippen LogP contribution in [-0.2, 0) is 26.2 Å². The SMILES string of the molecule is COC(=O)c1sc(I)cc1NC(=O)COc1cccc2c(C3CCC(=O)NC3=O)nn(C)c12. The zero-order valence-electron chi connectivity index (χ0n) is 17.6. The number of nitrogens with zero attached hydrogens (tertiary/aromatic N) is 2. The van der Waals surface area contributed by atoms with Gasteiger partial charge in [-0.2, -0.15) is 5.10 Å². The number of carbonyl (C=O) groups excluding carboxylic acids is 4. The predicted molar refractivity (Wildman–Crippen MR) is 128 cm³/mol. The summed E-state index contributed by atoms with van der Waals surface area (Å²) in [5.41, 5.74) is 1.55. The topological polar surface area (TPSA) is 129 Å². The summed E-state index contributed by atoms with van der Waals surface area (Å²) in [4.78, 5) is 48.5. The molecule has 172 valence electrons. The number of piperidine rings is 1. The molecule has 4 rings (SSSR count). The maximum atomic E-state index is 12.5. The molecule has 12 heteroatoms. The van der Waals surface area contributed by atoms with Crippen LogP contribution in [0, 0.1) is 2.88 Å². The summed E-state index contributed by atoms with van der Waals surface area (Å²) >= 11 is 3.28. The van der Waals surface area contributed by atoms with Crippen molar-refractivity contribution in [1.29, 1.82) is 0 Å². The lowest BCUT2D eigenvalue weighted by molar-refractivity contribution is -0.134. The Balaban J connectivity index is 1.53. The van der Waals surface area contributed by atoms with Crippen molar-refractivity contribution in [3.05, 3.63) is 37.7 Å². The summed E-state index contributed by atoms with van der Waals surface area (Å²) in [6, 6.07) is 6.97. The number of carbonyl (C=O) groups is 4. The number of ether oxygens (including phenoxy) is 2. The molecule has 1 aliphatic rings. The first-order valence-electron chi connectivity index (χ1n) is 9.88. The maximum Gasteiger partial charge on any atom is 0.350 e. The maximum absolute atomic E-state index is 12.5. The zero-order chi connectivity index (χ0) is 23.7. The minimum atomic E-state index is -0.539. The number of rotatable bonds is 6. The molecule has 1 aromatic carbocycles. The van der Waals surface area contributed by atoms with Crippen LogP contribution in [0.2, 0.25) is 0 Å². The predicted octanol–water partition coefficient (Wildman–Crippen LogP) is 2.56. The third-order valence-electron chi connectivity index (χ3n) is 5.13. The van der Waals surface area contributed by atoms with E-state index >= 15 is 0 Å². The number of hydrogen-bond donors (Lipinski definition) is 2. The fourth-order valence-electron chi connectivity index (χ4n) is 3.68. The number of imide groups is 1. The molecule has 1 unspecified atom stereocenters. The molecular formula is C21H19IN4O6S. The second-order valence-electron chi connectivity index (χ2n) is 7.29. The van der Waals surface area contributed by atoms with Crippen molar-refractivity contribution >= 4 is 74.2 Å². The summed E-state index contributed by atoms with van der Waals surface area (Å²) in [6.45, 7) is -0.301. The van der Waals surface area contributed by atoms with Crippen molar-refractivity contribution in [2.24, 2.45) is 7.05 Å². The zero-order valence-corrected chi connectivity index (χ0v) is 20.6. The number of para-hydroxylation sites is 1. The number of esters is 1. The molecule has 3 aromatic rings. The second kappa shape index (κ2) is 9.47. The van der Waals surface area contributed by atoms with Gasteiger partial charge in [-0.25, -0.2) is 4.79 Å². The van der Waals surface area contributed by atoms with Gasteiger partial charge in [0.1, 0.15) is 16.1 Å². The minimum absolute atomic E-state index is 0.250. The molecule has 1 fully saturated rings. The molecule has 3 amide bonds. The van der Waals surface area contributed by atoms with E-state index in [0.29, 0.717) is 39.3 Å². The highest BCUT2D eigenvalue weighted by Crippen LogP contribution is 2.34. The first-order chi connectivity index (χ1) is 15.8. The summed E-state index contributed by atoms with van der Waals surface area (Å²) in [7, 11) is 3.00. The fourth-order valence-corrected chi connectivity index (χ4v) is 5.41. The molecule has 1 aliphatic heterocycles. The Hall–Kier alpha value is -3.00. The summed E-state index contributed by atoms with van der Waals surface area (Å²) in [5, 5.41) is 10.2. The van der Waals surface area contributed by atoms with Crippen molar-refractivity contribution in [2.75, 3.05) is 19.0 Å². The number of nitrogens with one attached hydrogen (secondary N) is 2. The molecule has 1 saturated heterocycles. The highest BCUT2D eigenvalue weighted by atomic mass is 127. The van der Waals surface area contributed by atoms with Gasteiger partial charge in [-0.05, 0) is 41.1 Å². The van der Waals surface area contributed by atoms with Crippen LogP contribution in [0.1, 0.15) is 34.1 Å². The Kier molecular flexibility index (Phi) is 6.65. The van der Waals surface area contributed by atoms with Gasteiger partial charge >= 0.3 is 5.97 Å². The molecule has 33 heavy (non-hydrogen) atoms. The van der Waals surface area contributed by atoms with Gasteiger partial charge in [0.15, 0.2) is 6.61 Å². The van der Waals surface area contributed by atoms with Gasteiger partial charge in [0.2, 0.25) is 11.8 Å². The lowest BCUT2D eigenvalue weighted by atomic mass is 9.93. The van der Waals surface area contributed by atoms with Crippen molar-refractivity contribution in [3.8, 4) is 5.75 Å². The normalized spacial score (nSPS) is 15.9. The van der Waals surface area contributed by atoms with Crippen LogP contribution < -0.4 is 15.4 Å². The number of aryl methyl sites for hydroxylation is 1. The van der Waals surface area contributed by atoms with E-state index in [1.807, 2.05) is 6.07 Å². The quantitative estimate of drug-likeness (QED) is 0.260. The number of aromatic nitrogens is 2. The molecule has 0 saturated carbocycles. The van der Waals surface area contributed by atoms with Crippen molar-refractivity contribution < 1.29 is 28.7 Å². The number of hydrogen-bond acceptors (Lipinski definition) is 8. The highest BCUT2D eigenvalue weighted by molar-refractivity contribution is 14.1. The van der Waals surface area contributed by atoms with E-state index in [0.717, 1.165) is 2.88 Å². The van der Waals surface area contributed by atoms with Crippen LogP contribution in [0.3, 0.4) is 0 Å². The third kappa shape index (κ3) is 4.71. The molecule has 2 aromatic heterocycles. The Morgan fingerprint density at radius 2 is 2.15 bits per heavy atom. The largest absolute Gasteiger partial charge is 0.481 e. The molecule has 0 bridgehead atoms. The van der Waals surface area contributed by atoms with Gasteiger partial charge in [-0.3, -0.25) is 24.4 Å². The van der Waals surface area contributed by atoms with Crippen LogP contribution in [0.4, 0.5) is 5.69 Å². The second-order valence-corrected chi connectivity index (χ2v) is 10.2. The summed E-state index contributed by atoms with van der Waals surface area (Å²) < 4.78 is 12.9. The van der Waals surface area contributed by atoms with Crippen molar-refractivity contribution in [2.45, 2.75) is 18.8 Å². The number of halogens is 1. The monoisotopic (exact) mass is 582 g/mol. The molecule has 0 aliphatic carbocycles. The number of methoxy groups -OCH3 is 1. The first-order valence-corrected chi connectivity index (χ1v) is 11.8. The van der Waals surface area contributed by atoms with Crippen LogP contribution in [0.5, 0.6) is 5.75 Å². The third-order valence-corrected chi connectivity index (χ3v) is 7.01. The number of anilines is 1. The molecule has 10 nitrogen and oxygen atoms in total. The standard InChI is InChI=1S/C21H19IN4O6S/c1-26-18-10(17(25-26)11-6-7-15(27)24-20(11)29)4-3-5-13(18)32-9-16(28)23-12-8-14(22)33-19(12)21(30)31-2/h3-5,8,11H,6-7,9H2,1-2H3,(H,23,28)(H,24,27,29). The number of benzene rings is 1. The average Bonchev–Trinajstić information content (AvgIpc) is 3.31. The molecule has 1 atom stereocenters. The van der Waals surface area contributed by atoms with E-state index in [9.17, 15) is 19.2 Å². The van der Waals surface area contributed by atoms with E-state index in [4.69, 9.17) is 9.47 Å². The van der Waals surface area contributed by atoms with Crippen molar-refractivity contribution in [1.82, 2.24) is 15.1 Å². The van der Waals surface area contributed by atoms with E-state index in [1.54, 1.807) is 29.9 Å². The summed E-state index contributed by atoms with van der Waals surface area (Å²) in [6.07, 6.45) is 0.631. The van der Waals surface area contributed by atoms with Gasteiger partial charge in [-0.1, -0.05) is 12.1 Å². The molecule has 0 spiro atoms. The highest BCUT2D eigenvalue weighted by Gasteiger charge is 2.32. The Labute approximate surface area is 205 Å². The van der Waals surface area contributed by atoms with E-state index in [1.165, 1.54) is 18.4 Å². The van der Waals surface area contributed by atoms with Gasteiger partial charge < -0.3 is 14.8 Å². The van der Waals surface area contributed by atoms with Gasteiger partial charge in [0, 0.05) is 18.9 Å². The fraction of sp³-hybridized carbons (Fsp3) is 0.286. The van der Waals surface area contributed by atoms with Gasteiger partial charge in [-0.15, -0.1) is 11.3 Å². The van der Waals surface area contributed by atoms with Gasteiger partial charge in [0.25, 0.3) is 5.91 Å². The van der Waals surface area contributed by atoms with E-state index in [-0.39, 0.29) is 24.8 Å². The Morgan fingerprint density at radius 1 is 1.36 bits per heavy atom. The van der Waals surface area contributed by atoms with Crippen LogP contribution in [-0.4, -0.2) is 47.2 Å². The van der Waals surface area contributed by atoms with Crippen LogP contribution in [0.15, 0.2) is 24.3 Å².